The van der Waals surface area contributed by atoms with Crippen LogP contribution in [0.1, 0.15) is 24.0 Å². The number of hydrogen-bond donors (Lipinski definition) is 1. The lowest BCUT2D eigenvalue weighted by Gasteiger charge is -2.03. The van der Waals surface area contributed by atoms with Gasteiger partial charge in [-0.3, -0.25) is 0 Å². The summed E-state index contributed by atoms with van der Waals surface area (Å²) < 4.78 is 0. The third-order valence-corrected chi connectivity index (χ3v) is 4.58. The van der Waals surface area contributed by atoms with Crippen LogP contribution in [-0.2, 0) is 6.42 Å². The van der Waals surface area contributed by atoms with Gasteiger partial charge in [0.1, 0.15) is 5.15 Å². The maximum Gasteiger partial charge on any atom is 0.189 e. The van der Waals surface area contributed by atoms with E-state index in [1.807, 2.05) is 18.4 Å². The van der Waals surface area contributed by atoms with Crippen LogP contribution in [0.4, 0.5) is 0 Å². The maximum atomic E-state index is 6.18. The summed E-state index contributed by atoms with van der Waals surface area (Å²) in [6.45, 7) is 2.50. The predicted octanol–water partition coefficient (Wildman–Crippen LogP) is 3.79. The molecule has 1 aromatic heterocycles. The lowest BCUT2D eigenvalue weighted by atomic mass is 10.1. The van der Waals surface area contributed by atoms with E-state index in [4.69, 9.17) is 11.6 Å². The SMILES string of the molecule is C1CCNC1.CSc1nc(Cl)c2c(n1)-c1ccccc1C2. The smallest absolute Gasteiger partial charge is 0.189 e. The highest BCUT2D eigenvalue weighted by Gasteiger charge is 2.23. The minimum Gasteiger partial charge on any atom is -0.317 e. The summed E-state index contributed by atoms with van der Waals surface area (Å²) in [4.78, 5) is 8.80. The van der Waals surface area contributed by atoms with Gasteiger partial charge in [0.2, 0.25) is 0 Å². The van der Waals surface area contributed by atoms with E-state index in [-0.39, 0.29) is 0 Å². The summed E-state index contributed by atoms with van der Waals surface area (Å²) in [6, 6.07) is 8.28. The van der Waals surface area contributed by atoms with Crippen molar-refractivity contribution >= 4 is 23.4 Å². The van der Waals surface area contributed by atoms with Gasteiger partial charge in [0.25, 0.3) is 0 Å². The van der Waals surface area contributed by atoms with Crippen molar-refractivity contribution in [2.45, 2.75) is 24.4 Å². The number of fused-ring (bicyclic) bond motifs is 3. The van der Waals surface area contributed by atoms with Crippen molar-refractivity contribution in [3.05, 3.63) is 40.5 Å². The summed E-state index contributed by atoms with van der Waals surface area (Å²) in [6.07, 6.45) is 5.58. The van der Waals surface area contributed by atoms with E-state index >= 15 is 0 Å². The van der Waals surface area contributed by atoms with Crippen LogP contribution in [0.2, 0.25) is 5.15 Å². The van der Waals surface area contributed by atoms with Crippen molar-refractivity contribution in [1.29, 1.82) is 0 Å². The van der Waals surface area contributed by atoms with Crippen molar-refractivity contribution in [2.75, 3.05) is 19.3 Å². The van der Waals surface area contributed by atoms with E-state index in [9.17, 15) is 0 Å². The Morgan fingerprint density at radius 1 is 1.14 bits per heavy atom. The number of rotatable bonds is 1. The Morgan fingerprint density at radius 3 is 2.57 bits per heavy atom. The Hall–Kier alpha value is -1.10. The van der Waals surface area contributed by atoms with Gasteiger partial charge < -0.3 is 5.32 Å². The van der Waals surface area contributed by atoms with Crippen molar-refractivity contribution in [3.63, 3.8) is 0 Å². The molecule has 1 aliphatic carbocycles. The van der Waals surface area contributed by atoms with Crippen LogP contribution in [0.5, 0.6) is 0 Å². The van der Waals surface area contributed by atoms with E-state index in [1.54, 1.807) is 0 Å². The first-order valence-corrected chi connectivity index (χ1v) is 8.79. The topological polar surface area (TPSA) is 37.8 Å². The zero-order chi connectivity index (χ0) is 14.7. The Balaban J connectivity index is 0.000000225. The molecule has 0 unspecified atom stereocenters. The largest absolute Gasteiger partial charge is 0.317 e. The van der Waals surface area contributed by atoms with E-state index in [0.717, 1.165) is 22.8 Å². The molecule has 0 spiro atoms. The van der Waals surface area contributed by atoms with Crippen LogP contribution >= 0.6 is 23.4 Å². The molecule has 5 heteroatoms. The molecule has 3 nitrogen and oxygen atoms in total. The molecule has 1 fully saturated rings. The van der Waals surface area contributed by atoms with Gasteiger partial charge in [-0.25, -0.2) is 9.97 Å². The summed E-state index contributed by atoms with van der Waals surface area (Å²) in [5.74, 6) is 0. The van der Waals surface area contributed by atoms with Crippen molar-refractivity contribution < 1.29 is 0 Å². The summed E-state index contributed by atoms with van der Waals surface area (Å²) in [7, 11) is 0. The van der Waals surface area contributed by atoms with Crippen LogP contribution in [0, 0.1) is 0 Å². The third kappa shape index (κ3) is 3.23. The summed E-state index contributed by atoms with van der Waals surface area (Å²) in [5.41, 5.74) is 4.53. The molecule has 1 N–H and O–H groups in total. The predicted molar refractivity (Wildman–Crippen MR) is 89.2 cm³/mol. The monoisotopic (exact) mass is 319 g/mol. The maximum absolute atomic E-state index is 6.18. The number of thioether (sulfide) groups is 1. The molecule has 1 saturated heterocycles. The van der Waals surface area contributed by atoms with Gasteiger partial charge in [-0.15, -0.1) is 0 Å². The van der Waals surface area contributed by atoms with E-state index in [0.29, 0.717) is 5.15 Å². The molecule has 0 amide bonds. The van der Waals surface area contributed by atoms with Crippen molar-refractivity contribution in [3.8, 4) is 11.3 Å². The lowest BCUT2D eigenvalue weighted by Crippen LogP contribution is -2.03. The number of benzene rings is 1. The number of nitrogens with one attached hydrogen (secondary N) is 1. The van der Waals surface area contributed by atoms with Gasteiger partial charge in [-0.2, -0.15) is 0 Å². The molecule has 0 saturated carbocycles. The molecule has 2 aromatic rings. The highest BCUT2D eigenvalue weighted by atomic mass is 35.5. The summed E-state index contributed by atoms with van der Waals surface area (Å²) >= 11 is 7.70. The minimum absolute atomic E-state index is 0.588. The molecule has 110 valence electrons. The van der Waals surface area contributed by atoms with Crippen LogP contribution < -0.4 is 5.32 Å². The molecule has 1 aromatic carbocycles. The molecule has 0 radical (unpaired) electrons. The standard InChI is InChI=1S/C12H9ClN2S.C4H9N/c1-16-12-14-10-8-5-3-2-4-7(8)6-9(10)11(13)15-12;1-2-4-5-3-1/h2-5H,6H2,1H3;5H,1-4H2. The van der Waals surface area contributed by atoms with Crippen molar-refractivity contribution in [2.24, 2.45) is 0 Å². The normalized spacial score (nSPS) is 15.1. The first-order chi connectivity index (χ1) is 10.3. The molecule has 4 rings (SSSR count). The second-order valence-corrected chi connectivity index (χ2v) is 6.25. The van der Waals surface area contributed by atoms with E-state index in [2.05, 4.69) is 27.4 Å². The quantitative estimate of drug-likeness (QED) is 0.421. The lowest BCUT2D eigenvalue weighted by molar-refractivity contribution is 0.857. The van der Waals surface area contributed by atoms with Gasteiger partial charge in [0, 0.05) is 17.5 Å². The van der Waals surface area contributed by atoms with Gasteiger partial charge in [0.05, 0.1) is 5.69 Å². The van der Waals surface area contributed by atoms with Crippen LogP contribution in [0.25, 0.3) is 11.3 Å². The zero-order valence-corrected chi connectivity index (χ0v) is 13.6. The second kappa shape index (κ2) is 6.77. The van der Waals surface area contributed by atoms with Crippen LogP contribution in [0.15, 0.2) is 29.4 Å². The minimum atomic E-state index is 0.588. The Bertz CT molecular complexity index is 634. The molecule has 0 atom stereocenters. The second-order valence-electron chi connectivity index (χ2n) is 5.12. The molecule has 2 heterocycles. The molecule has 21 heavy (non-hydrogen) atoms. The van der Waals surface area contributed by atoms with Crippen molar-refractivity contribution in [1.82, 2.24) is 15.3 Å². The fraction of sp³-hybridized carbons (Fsp3) is 0.375. The average Bonchev–Trinajstić information content (AvgIpc) is 3.18. The third-order valence-electron chi connectivity index (χ3n) is 3.72. The fourth-order valence-electron chi connectivity index (χ4n) is 2.63. The fourth-order valence-corrected chi connectivity index (χ4v) is 3.28. The molecule has 0 bridgehead atoms. The summed E-state index contributed by atoms with van der Waals surface area (Å²) in [5, 5.41) is 4.55. The van der Waals surface area contributed by atoms with Gasteiger partial charge >= 0.3 is 0 Å². The van der Waals surface area contributed by atoms with Gasteiger partial charge in [0.15, 0.2) is 5.16 Å². The Kier molecular flexibility index (Phi) is 4.78. The zero-order valence-electron chi connectivity index (χ0n) is 12.0. The average molecular weight is 320 g/mol. The molecule has 1 aliphatic heterocycles. The van der Waals surface area contributed by atoms with Gasteiger partial charge in [-0.1, -0.05) is 47.6 Å². The number of aromatic nitrogens is 2. The van der Waals surface area contributed by atoms with Crippen LogP contribution in [0.3, 0.4) is 0 Å². The highest BCUT2D eigenvalue weighted by Crippen LogP contribution is 2.38. The first kappa shape index (κ1) is 14.8. The molecule has 2 aliphatic rings. The highest BCUT2D eigenvalue weighted by molar-refractivity contribution is 7.98. The van der Waals surface area contributed by atoms with E-state index < -0.39 is 0 Å². The Morgan fingerprint density at radius 2 is 1.90 bits per heavy atom. The molecular weight excluding hydrogens is 302 g/mol. The Labute approximate surface area is 134 Å². The number of nitrogens with zero attached hydrogens (tertiary/aromatic N) is 2. The van der Waals surface area contributed by atoms with Gasteiger partial charge in [-0.05, 0) is 37.8 Å². The van der Waals surface area contributed by atoms with E-state index in [1.165, 1.54) is 48.8 Å². The number of hydrogen-bond acceptors (Lipinski definition) is 4. The molecular formula is C16H18ClN3S. The first-order valence-electron chi connectivity index (χ1n) is 7.19. The van der Waals surface area contributed by atoms with Crippen LogP contribution in [-0.4, -0.2) is 29.3 Å². The number of halogens is 1.